The first-order valence-electron chi connectivity index (χ1n) is 14.6. The molecular weight excluding hydrogens is 572 g/mol. The van der Waals surface area contributed by atoms with E-state index in [9.17, 15) is 24.8 Å². The number of hydrogen-bond acceptors (Lipinski definition) is 7. The second kappa shape index (κ2) is 12.7. The molecule has 0 aliphatic rings. The first-order valence-corrected chi connectivity index (χ1v) is 14.6. The van der Waals surface area contributed by atoms with Crippen LogP contribution < -0.4 is 10.9 Å². The molecule has 11 heteroatoms. The van der Waals surface area contributed by atoms with E-state index in [2.05, 4.69) is 15.3 Å². The van der Waals surface area contributed by atoms with Gasteiger partial charge in [-0.1, -0.05) is 31.2 Å². The number of carbonyl (C=O) groups is 1. The van der Waals surface area contributed by atoms with Crippen molar-refractivity contribution in [3.63, 3.8) is 0 Å². The number of carbonyl (C=O) groups excluding carboxylic acids is 1. The lowest BCUT2D eigenvalue weighted by atomic mass is 9.93. The van der Waals surface area contributed by atoms with E-state index in [4.69, 9.17) is 0 Å². The van der Waals surface area contributed by atoms with Gasteiger partial charge in [0, 0.05) is 68.1 Å². The molecule has 2 unspecified atom stereocenters. The maximum atomic E-state index is 14.3. The Labute approximate surface area is 260 Å². The van der Waals surface area contributed by atoms with Crippen molar-refractivity contribution in [1.82, 2.24) is 19.4 Å². The van der Waals surface area contributed by atoms with Gasteiger partial charge in [0.05, 0.1) is 16.8 Å². The Hall–Kier alpha value is -5.29. The molecule has 2 heterocycles. The number of fused-ring (bicyclic) bond motifs is 1. The smallest absolute Gasteiger partial charge is 0.269 e. The number of aliphatic hydroxyl groups excluding tert-OH is 1. The molecule has 3 aromatic carbocycles. The van der Waals surface area contributed by atoms with E-state index in [-0.39, 0.29) is 36.2 Å². The van der Waals surface area contributed by atoms with Gasteiger partial charge < -0.3 is 24.9 Å². The van der Waals surface area contributed by atoms with Gasteiger partial charge >= 0.3 is 0 Å². The fraction of sp³-hybridized carbons (Fsp3) is 0.265. The Morgan fingerprint density at radius 1 is 1.13 bits per heavy atom. The van der Waals surface area contributed by atoms with Crippen molar-refractivity contribution in [2.24, 2.45) is 7.05 Å². The highest BCUT2D eigenvalue weighted by molar-refractivity contribution is 5.89. The molecule has 232 valence electrons. The van der Waals surface area contributed by atoms with Crippen LogP contribution in [-0.4, -0.2) is 49.0 Å². The number of nitrogens with one attached hydrogen (secondary N) is 2. The number of aromatic amines is 1. The summed E-state index contributed by atoms with van der Waals surface area (Å²) in [6, 6.07) is 16.7. The van der Waals surface area contributed by atoms with E-state index in [0.717, 1.165) is 33.6 Å². The second-order valence-corrected chi connectivity index (χ2v) is 11.4. The van der Waals surface area contributed by atoms with E-state index in [1.807, 2.05) is 68.8 Å². The van der Waals surface area contributed by atoms with Crippen LogP contribution in [0, 0.1) is 24.0 Å². The number of nitrogens with zero attached hydrogens (tertiary/aromatic N) is 4. The largest absolute Gasteiger partial charge is 0.396 e. The topological polar surface area (TPSA) is 146 Å². The van der Waals surface area contributed by atoms with E-state index >= 15 is 0 Å². The predicted octanol–water partition coefficient (Wildman–Crippen LogP) is 5.36. The predicted molar refractivity (Wildman–Crippen MR) is 174 cm³/mol. The van der Waals surface area contributed by atoms with Crippen molar-refractivity contribution in [2.75, 3.05) is 19.0 Å². The molecule has 0 spiro atoms. The number of pyridine rings is 1. The monoisotopic (exact) mass is 608 g/mol. The number of non-ortho nitro benzene ring substituents is 1. The average Bonchev–Trinajstić information content (AvgIpc) is 3.36. The van der Waals surface area contributed by atoms with Crippen LogP contribution in [-0.2, 0) is 18.4 Å². The van der Waals surface area contributed by atoms with Crippen LogP contribution in [0.1, 0.15) is 47.0 Å². The van der Waals surface area contributed by atoms with E-state index in [1.54, 1.807) is 31.6 Å². The van der Waals surface area contributed by atoms with Crippen molar-refractivity contribution in [2.45, 2.75) is 39.3 Å². The number of benzene rings is 3. The molecule has 0 aliphatic carbocycles. The molecule has 0 saturated heterocycles. The van der Waals surface area contributed by atoms with Gasteiger partial charge in [-0.05, 0) is 65.8 Å². The number of imidazole rings is 1. The summed E-state index contributed by atoms with van der Waals surface area (Å²) in [5.74, 6) is 0.434. The van der Waals surface area contributed by atoms with Gasteiger partial charge in [-0.2, -0.15) is 0 Å². The Balaban J connectivity index is 1.55. The van der Waals surface area contributed by atoms with Crippen LogP contribution in [0.2, 0.25) is 0 Å². The van der Waals surface area contributed by atoms with Gasteiger partial charge in [0.1, 0.15) is 11.9 Å². The number of amides is 1. The van der Waals surface area contributed by atoms with Gasteiger partial charge in [-0.25, -0.2) is 4.98 Å². The number of aromatic nitrogens is 3. The molecule has 2 atom stereocenters. The molecule has 3 N–H and O–H groups in total. The number of likely N-dealkylation sites (N-methyl/N-ethyl adjacent to an activating group) is 1. The van der Waals surface area contributed by atoms with Crippen molar-refractivity contribution in [3.8, 4) is 11.3 Å². The molecule has 11 nitrogen and oxygen atoms in total. The Kier molecular flexibility index (Phi) is 8.82. The zero-order chi connectivity index (χ0) is 32.4. The SMILES string of the molecule is Cc1cc(C(Nc2ccc3cc[nH]c(=O)c3c2)C(=O)N(C)Cc2cc([N+](=O)[O-])ccc2-c2cnc(C)n2C)ccc1C(C)CO. The Morgan fingerprint density at radius 3 is 2.58 bits per heavy atom. The number of nitro groups is 1. The molecule has 0 aliphatic heterocycles. The molecule has 5 aromatic rings. The van der Waals surface area contributed by atoms with Crippen molar-refractivity contribution in [3.05, 3.63) is 122 Å². The third-order valence-corrected chi connectivity index (χ3v) is 8.34. The molecule has 45 heavy (non-hydrogen) atoms. The number of nitro benzene ring substituents is 1. The lowest BCUT2D eigenvalue weighted by Crippen LogP contribution is -2.35. The minimum atomic E-state index is -0.853. The second-order valence-electron chi connectivity index (χ2n) is 11.4. The van der Waals surface area contributed by atoms with Crippen LogP contribution in [0.3, 0.4) is 0 Å². The number of H-pyrrole nitrogens is 1. The van der Waals surface area contributed by atoms with E-state index in [1.165, 1.54) is 17.0 Å². The molecular formula is C34H36N6O5. The molecule has 1 amide bonds. The van der Waals surface area contributed by atoms with Crippen LogP contribution >= 0.6 is 0 Å². The maximum Gasteiger partial charge on any atom is 0.269 e. The minimum absolute atomic E-state index is 0.00307. The van der Waals surface area contributed by atoms with Crippen LogP contribution in [0.25, 0.3) is 22.0 Å². The lowest BCUT2D eigenvalue weighted by Gasteiger charge is -2.27. The van der Waals surface area contributed by atoms with Crippen molar-refractivity contribution < 1.29 is 14.8 Å². The van der Waals surface area contributed by atoms with Gasteiger partial charge in [0.2, 0.25) is 5.91 Å². The van der Waals surface area contributed by atoms with Crippen LogP contribution in [0.15, 0.2) is 77.9 Å². The summed E-state index contributed by atoms with van der Waals surface area (Å²) in [4.78, 5) is 46.7. The number of anilines is 1. The highest BCUT2D eigenvalue weighted by atomic mass is 16.6. The van der Waals surface area contributed by atoms with Gasteiger partial charge in [0.15, 0.2) is 0 Å². The number of aliphatic hydroxyl groups is 1. The van der Waals surface area contributed by atoms with Gasteiger partial charge in [0.25, 0.3) is 11.2 Å². The summed E-state index contributed by atoms with van der Waals surface area (Å²) < 4.78 is 1.90. The molecule has 2 aromatic heterocycles. The average molecular weight is 609 g/mol. The fourth-order valence-corrected chi connectivity index (χ4v) is 5.64. The lowest BCUT2D eigenvalue weighted by molar-refractivity contribution is -0.384. The molecule has 0 fully saturated rings. The molecule has 5 rings (SSSR count). The van der Waals surface area contributed by atoms with Crippen molar-refractivity contribution >= 4 is 28.1 Å². The fourth-order valence-electron chi connectivity index (χ4n) is 5.64. The first-order chi connectivity index (χ1) is 21.5. The summed E-state index contributed by atoms with van der Waals surface area (Å²) in [6.07, 6.45) is 3.30. The van der Waals surface area contributed by atoms with E-state index < -0.39 is 11.0 Å². The number of aryl methyl sites for hydroxylation is 2. The van der Waals surface area contributed by atoms with E-state index in [0.29, 0.717) is 22.2 Å². The normalized spacial score (nSPS) is 12.6. The summed E-state index contributed by atoms with van der Waals surface area (Å²) in [5.41, 5.74) is 4.98. The number of hydrogen-bond donors (Lipinski definition) is 3. The first kappa shape index (κ1) is 31.1. The molecule has 0 bridgehead atoms. The zero-order valence-electron chi connectivity index (χ0n) is 25.9. The van der Waals surface area contributed by atoms with Gasteiger partial charge in [-0.3, -0.25) is 19.7 Å². The quantitative estimate of drug-likeness (QED) is 0.143. The zero-order valence-corrected chi connectivity index (χ0v) is 25.9. The number of rotatable bonds is 10. The Bertz CT molecular complexity index is 1960. The summed E-state index contributed by atoms with van der Waals surface area (Å²) in [7, 11) is 3.53. The van der Waals surface area contributed by atoms with Crippen LogP contribution in [0.5, 0.6) is 0 Å². The highest BCUT2D eigenvalue weighted by Gasteiger charge is 2.27. The minimum Gasteiger partial charge on any atom is -0.396 e. The molecule has 0 radical (unpaired) electrons. The van der Waals surface area contributed by atoms with Crippen LogP contribution in [0.4, 0.5) is 11.4 Å². The summed E-state index contributed by atoms with van der Waals surface area (Å²) in [6.45, 7) is 5.83. The third kappa shape index (κ3) is 6.34. The van der Waals surface area contributed by atoms with Crippen molar-refractivity contribution in [1.29, 1.82) is 0 Å². The molecule has 0 saturated carbocycles. The summed E-state index contributed by atoms with van der Waals surface area (Å²) >= 11 is 0. The third-order valence-electron chi connectivity index (χ3n) is 8.34. The highest BCUT2D eigenvalue weighted by Crippen LogP contribution is 2.31. The summed E-state index contributed by atoms with van der Waals surface area (Å²) in [5, 5.41) is 26.0. The standard InChI is InChI=1S/C34H36N6O5/c1-20-14-24(7-10-28(20)21(2)19-41)32(37-26-8-6-23-12-13-35-33(42)30(23)16-26)34(43)38(4)18-25-15-27(40(44)45)9-11-29(25)31-17-36-22(3)39(31)5/h6-17,21,32,37,41H,18-19H2,1-5H3,(H,35,42). The Morgan fingerprint density at radius 2 is 1.91 bits per heavy atom. The maximum absolute atomic E-state index is 14.3. The van der Waals surface area contributed by atoms with Gasteiger partial charge in [-0.15, -0.1) is 0 Å².